The molecule has 1 aromatic carbocycles. The van der Waals surface area contributed by atoms with Gasteiger partial charge in [0, 0.05) is 18.8 Å². The van der Waals surface area contributed by atoms with Crippen LogP contribution in [0.3, 0.4) is 0 Å². The fourth-order valence-electron chi connectivity index (χ4n) is 1.86. The van der Waals surface area contributed by atoms with Gasteiger partial charge in [-0.2, -0.15) is 5.10 Å². The van der Waals surface area contributed by atoms with E-state index in [4.69, 9.17) is 0 Å². The van der Waals surface area contributed by atoms with Crippen molar-refractivity contribution in [3.8, 4) is 0 Å². The fourth-order valence-corrected chi connectivity index (χ4v) is 1.86. The minimum absolute atomic E-state index is 0.0451. The Labute approximate surface area is 94.7 Å². The summed E-state index contributed by atoms with van der Waals surface area (Å²) >= 11 is 0. The molecule has 0 amide bonds. The van der Waals surface area contributed by atoms with E-state index in [1.807, 2.05) is 39.1 Å². The molecule has 82 valence electrons. The van der Waals surface area contributed by atoms with Crippen LogP contribution in [-0.2, 0) is 7.05 Å². The van der Waals surface area contributed by atoms with Crippen molar-refractivity contribution in [2.75, 3.05) is 0 Å². The van der Waals surface area contributed by atoms with Gasteiger partial charge in [0.15, 0.2) is 5.78 Å². The molecule has 0 aliphatic rings. The van der Waals surface area contributed by atoms with Crippen molar-refractivity contribution >= 4 is 5.78 Å². The average Bonchev–Trinajstić information content (AvgIpc) is 2.64. The second-order valence-corrected chi connectivity index (χ2v) is 4.00. The molecule has 0 aliphatic carbocycles. The summed E-state index contributed by atoms with van der Waals surface area (Å²) in [5, 5.41) is 4.02. The molecule has 0 fully saturated rings. The van der Waals surface area contributed by atoms with Gasteiger partial charge >= 0.3 is 0 Å². The van der Waals surface area contributed by atoms with Gasteiger partial charge in [-0.15, -0.1) is 0 Å². The van der Waals surface area contributed by atoms with Crippen LogP contribution in [-0.4, -0.2) is 15.6 Å². The van der Waals surface area contributed by atoms with E-state index in [0.29, 0.717) is 5.56 Å². The highest BCUT2D eigenvalue weighted by Gasteiger charge is 2.15. The van der Waals surface area contributed by atoms with E-state index >= 15 is 0 Å². The zero-order valence-electron chi connectivity index (χ0n) is 9.69. The van der Waals surface area contributed by atoms with Gasteiger partial charge in [-0.25, -0.2) is 0 Å². The largest absolute Gasteiger partial charge is 0.288 e. The lowest BCUT2D eigenvalue weighted by Gasteiger charge is -2.06. The Bertz CT molecular complexity index is 520. The minimum Gasteiger partial charge on any atom is -0.288 e. The lowest BCUT2D eigenvalue weighted by Crippen LogP contribution is -2.05. The quantitative estimate of drug-likeness (QED) is 0.719. The van der Waals surface area contributed by atoms with E-state index in [9.17, 15) is 4.79 Å². The monoisotopic (exact) mass is 214 g/mol. The molecule has 3 heteroatoms. The number of hydrogen-bond acceptors (Lipinski definition) is 2. The molecule has 0 spiro atoms. The van der Waals surface area contributed by atoms with Crippen LogP contribution >= 0.6 is 0 Å². The molecular formula is C13H14N2O. The third-order valence-electron chi connectivity index (χ3n) is 2.68. The molecule has 1 heterocycles. The van der Waals surface area contributed by atoms with Crippen LogP contribution in [0.15, 0.2) is 30.6 Å². The standard InChI is InChI=1S/C13H14N2O/c1-9-5-4-6-10(2)12(9)13(16)11-7-14-15(3)8-11/h4-8H,1-3H3. The molecule has 3 nitrogen and oxygen atoms in total. The van der Waals surface area contributed by atoms with E-state index in [2.05, 4.69) is 5.10 Å². The maximum Gasteiger partial charge on any atom is 0.196 e. The van der Waals surface area contributed by atoms with Crippen molar-refractivity contribution in [2.45, 2.75) is 13.8 Å². The number of aryl methyl sites for hydroxylation is 3. The molecular weight excluding hydrogens is 200 g/mol. The molecule has 2 aromatic rings. The number of ketones is 1. The van der Waals surface area contributed by atoms with Gasteiger partial charge in [0.1, 0.15) is 0 Å². The van der Waals surface area contributed by atoms with Crippen LogP contribution in [0.2, 0.25) is 0 Å². The van der Waals surface area contributed by atoms with Gasteiger partial charge in [-0.05, 0) is 25.0 Å². The SMILES string of the molecule is Cc1cccc(C)c1C(=O)c1cnn(C)c1. The summed E-state index contributed by atoms with van der Waals surface area (Å²) in [6.45, 7) is 3.91. The fraction of sp³-hybridized carbons (Fsp3) is 0.231. The topological polar surface area (TPSA) is 34.9 Å². The van der Waals surface area contributed by atoms with E-state index < -0.39 is 0 Å². The van der Waals surface area contributed by atoms with Crippen LogP contribution in [0.25, 0.3) is 0 Å². The zero-order valence-corrected chi connectivity index (χ0v) is 9.69. The van der Waals surface area contributed by atoms with Crippen molar-refractivity contribution in [2.24, 2.45) is 7.05 Å². The molecule has 0 aliphatic heterocycles. The summed E-state index contributed by atoms with van der Waals surface area (Å²) in [4.78, 5) is 12.2. The number of rotatable bonds is 2. The number of hydrogen-bond donors (Lipinski definition) is 0. The first-order valence-corrected chi connectivity index (χ1v) is 5.19. The Morgan fingerprint density at radius 3 is 2.38 bits per heavy atom. The number of carbonyl (C=O) groups excluding carboxylic acids is 1. The molecule has 16 heavy (non-hydrogen) atoms. The van der Waals surface area contributed by atoms with E-state index in [-0.39, 0.29) is 5.78 Å². The highest BCUT2D eigenvalue weighted by Crippen LogP contribution is 2.17. The summed E-state index contributed by atoms with van der Waals surface area (Å²) in [6.07, 6.45) is 3.35. The van der Waals surface area contributed by atoms with E-state index in [0.717, 1.165) is 16.7 Å². The second-order valence-electron chi connectivity index (χ2n) is 4.00. The minimum atomic E-state index is 0.0451. The molecule has 0 bridgehead atoms. The maximum absolute atomic E-state index is 12.2. The van der Waals surface area contributed by atoms with Crippen LogP contribution < -0.4 is 0 Å². The maximum atomic E-state index is 12.2. The van der Waals surface area contributed by atoms with Crippen molar-refractivity contribution in [3.63, 3.8) is 0 Å². The highest BCUT2D eigenvalue weighted by molar-refractivity contribution is 6.10. The van der Waals surface area contributed by atoms with Gasteiger partial charge in [0.25, 0.3) is 0 Å². The van der Waals surface area contributed by atoms with Crippen LogP contribution in [0, 0.1) is 13.8 Å². The molecule has 1 aromatic heterocycles. The van der Waals surface area contributed by atoms with Gasteiger partial charge < -0.3 is 0 Å². The third-order valence-corrected chi connectivity index (χ3v) is 2.68. The van der Waals surface area contributed by atoms with E-state index in [1.54, 1.807) is 17.1 Å². The lowest BCUT2D eigenvalue weighted by atomic mass is 9.96. The molecule has 0 saturated carbocycles. The number of aromatic nitrogens is 2. The van der Waals surface area contributed by atoms with Crippen LogP contribution in [0.4, 0.5) is 0 Å². The Kier molecular flexibility index (Phi) is 2.60. The van der Waals surface area contributed by atoms with Crippen molar-refractivity contribution < 1.29 is 4.79 Å². The number of carbonyl (C=O) groups is 1. The second kappa shape index (κ2) is 3.93. The summed E-state index contributed by atoms with van der Waals surface area (Å²) in [5.41, 5.74) is 3.44. The first kappa shape index (κ1) is 10.6. The Morgan fingerprint density at radius 1 is 1.25 bits per heavy atom. The number of benzene rings is 1. The van der Waals surface area contributed by atoms with Crippen molar-refractivity contribution in [3.05, 3.63) is 52.8 Å². The summed E-state index contributed by atoms with van der Waals surface area (Å²) in [7, 11) is 1.81. The molecule has 2 rings (SSSR count). The van der Waals surface area contributed by atoms with Crippen molar-refractivity contribution in [1.82, 2.24) is 9.78 Å². The molecule has 0 radical (unpaired) electrons. The highest BCUT2D eigenvalue weighted by atomic mass is 16.1. The third kappa shape index (κ3) is 1.76. The van der Waals surface area contributed by atoms with Gasteiger partial charge in [0.05, 0.1) is 11.8 Å². The smallest absolute Gasteiger partial charge is 0.196 e. The van der Waals surface area contributed by atoms with E-state index in [1.165, 1.54) is 0 Å². The Balaban J connectivity index is 2.49. The molecule has 0 N–H and O–H groups in total. The average molecular weight is 214 g/mol. The van der Waals surface area contributed by atoms with Gasteiger partial charge in [0.2, 0.25) is 0 Å². The predicted molar refractivity (Wildman–Crippen MR) is 62.6 cm³/mol. The summed E-state index contributed by atoms with van der Waals surface area (Å²) in [5.74, 6) is 0.0451. The van der Waals surface area contributed by atoms with Crippen LogP contribution in [0.5, 0.6) is 0 Å². The summed E-state index contributed by atoms with van der Waals surface area (Å²) < 4.78 is 1.64. The summed E-state index contributed by atoms with van der Waals surface area (Å²) in [6, 6.07) is 5.87. The van der Waals surface area contributed by atoms with Crippen LogP contribution in [0.1, 0.15) is 27.0 Å². The van der Waals surface area contributed by atoms with Gasteiger partial charge in [-0.1, -0.05) is 18.2 Å². The Hall–Kier alpha value is -1.90. The lowest BCUT2D eigenvalue weighted by molar-refractivity contribution is 0.103. The Morgan fingerprint density at radius 2 is 1.88 bits per heavy atom. The normalized spacial score (nSPS) is 10.4. The first-order chi connectivity index (χ1) is 7.59. The van der Waals surface area contributed by atoms with Gasteiger partial charge in [-0.3, -0.25) is 9.48 Å². The molecule has 0 saturated heterocycles. The molecule has 0 atom stereocenters. The van der Waals surface area contributed by atoms with Crippen molar-refractivity contribution in [1.29, 1.82) is 0 Å². The molecule has 0 unspecified atom stereocenters. The predicted octanol–water partition coefficient (Wildman–Crippen LogP) is 2.27. The number of nitrogens with zero attached hydrogens (tertiary/aromatic N) is 2. The first-order valence-electron chi connectivity index (χ1n) is 5.19. The zero-order chi connectivity index (χ0) is 11.7.